The number of carbonyl (C=O) groups is 1. The van der Waals surface area contributed by atoms with Crippen molar-refractivity contribution in [2.45, 2.75) is 38.8 Å². The van der Waals surface area contributed by atoms with Gasteiger partial charge in [0, 0.05) is 18.7 Å². The summed E-state index contributed by atoms with van der Waals surface area (Å²) in [5, 5.41) is 3.22. The second kappa shape index (κ2) is 11.8. The van der Waals surface area contributed by atoms with Crippen LogP contribution in [0.5, 0.6) is 23.0 Å². The molecule has 0 bridgehead atoms. The highest BCUT2D eigenvalue weighted by Crippen LogP contribution is 2.36. The predicted molar refractivity (Wildman–Crippen MR) is 122 cm³/mol. The number of hydrogen-bond donors (Lipinski definition) is 1. The van der Waals surface area contributed by atoms with Gasteiger partial charge in [-0.05, 0) is 49.1 Å². The van der Waals surface area contributed by atoms with E-state index in [1.165, 1.54) is 7.11 Å². The van der Waals surface area contributed by atoms with E-state index >= 15 is 0 Å². The molecule has 1 amide bonds. The summed E-state index contributed by atoms with van der Waals surface area (Å²) in [7, 11) is 3.11. The lowest BCUT2D eigenvalue weighted by atomic mass is 10.1. The van der Waals surface area contributed by atoms with E-state index in [2.05, 4.69) is 5.32 Å². The minimum atomic E-state index is -0.273. The molecular formula is C24H30ClNO6. The van der Waals surface area contributed by atoms with Crippen LogP contribution in [0.4, 0.5) is 0 Å². The molecule has 2 aromatic carbocycles. The number of rotatable bonds is 11. The number of methoxy groups -OCH3 is 2. The Morgan fingerprint density at radius 3 is 2.62 bits per heavy atom. The first-order valence-electron chi connectivity index (χ1n) is 10.8. The number of hydrogen-bond acceptors (Lipinski definition) is 6. The van der Waals surface area contributed by atoms with Crippen LogP contribution < -0.4 is 24.3 Å². The zero-order valence-corrected chi connectivity index (χ0v) is 19.5. The van der Waals surface area contributed by atoms with E-state index in [1.807, 2.05) is 25.1 Å². The average molecular weight is 464 g/mol. The number of ether oxygens (including phenoxy) is 5. The van der Waals surface area contributed by atoms with Crippen LogP contribution in [0.1, 0.15) is 42.1 Å². The van der Waals surface area contributed by atoms with Gasteiger partial charge in [-0.2, -0.15) is 0 Å². The van der Waals surface area contributed by atoms with E-state index in [9.17, 15) is 4.79 Å². The summed E-state index contributed by atoms with van der Waals surface area (Å²) in [5.74, 6) is 1.85. The molecule has 32 heavy (non-hydrogen) atoms. The smallest absolute Gasteiger partial charge is 0.251 e. The molecule has 1 fully saturated rings. The molecule has 0 radical (unpaired) electrons. The van der Waals surface area contributed by atoms with Gasteiger partial charge in [0.2, 0.25) is 0 Å². The molecule has 7 nitrogen and oxygen atoms in total. The highest BCUT2D eigenvalue weighted by Gasteiger charge is 2.18. The fourth-order valence-electron chi connectivity index (χ4n) is 3.38. The molecule has 1 aliphatic heterocycles. The molecule has 0 aromatic heterocycles. The molecule has 0 spiro atoms. The van der Waals surface area contributed by atoms with Crippen LogP contribution >= 0.6 is 11.6 Å². The van der Waals surface area contributed by atoms with E-state index in [1.54, 1.807) is 19.2 Å². The Balaban J connectivity index is 1.63. The third kappa shape index (κ3) is 6.20. The van der Waals surface area contributed by atoms with Crippen molar-refractivity contribution in [1.82, 2.24) is 5.32 Å². The highest BCUT2D eigenvalue weighted by molar-refractivity contribution is 6.32. The summed E-state index contributed by atoms with van der Waals surface area (Å²) >= 11 is 6.32. The Morgan fingerprint density at radius 2 is 1.94 bits per heavy atom. The van der Waals surface area contributed by atoms with Crippen molar-refractivity contribution in [3.63, 3.8) is 0 Å². The fraction of sp³-hybridized carbons (Fsp3) is 0.458. The van der Waals surface area contributed by atoms with E-state index < -0.39 is 0 Å². The van der Waals surface area contributed by atoms with Crippen molar-refractivity contribution in [3.05, 3.63) is 46.5 Å². The van der Waals surface area contributed by atoms with Crippen LogP contribution in [0.2, 0.25) is 5.02 Å². The Kier molecular flexibility index (Phi) is 8.88. The molecule has 1 aliphatic rings. The lowest BCUT2D eigenvalue weighted by Gasteiger charge is -2.15. The quantitative estimate of drug-likeness (QED) is 0.523. The minimum absolute atomic E-state index is 0.126. The van der Waals surface area contributed by atoms with Gasteiger partial charge in [0.15, 0.2) is 23.0 Å². The first kappa shape index (κ1) is 24.0. The number of carbonyl (C=O) groups excluding carboxylic acids is 1. The second-order valence-corrected chi connectivity index (χ2v) is 7.86. The topological polar surface area (TPSA) is 75.3 Å². The van der Waals surface area contributed by atoms with Crippen molar-refractivity contribution >= 4 is 17.5 Å². The van der Waals surface area contributed by atoms with Gasteiger partial charge in [0.05, 0.1) is 32.0 Å². The van der Waals surface area contributed by atoms with Gasteiger partial charge in [-0.25, -0.2) is 0 Å². The van der Waals surface area contributed by atoms with Crippen LogP contribution in [0.25, 0.3) is 0 Å². The molecule has 1 atom stereocenters. The molecule has 1 unspecified atom stereocenters. The molecule has 2 aromatic rings. The molecular weight excluding hydrogens is 434 g/mol. The third-order valence-electron chi connectivity index (χ3n) is 5.07. The Bertz CT molecular complexity index is 914. The van der Waals surface area contributed by atoms with E-state index in [4.69, 9.17) is 35.3 Å². The van der Waals surface area contributed by atoms with E-state index in [0.29, 0.717) is 53.3 Å². The maximum absolute atomic E-state index is 12.7. The van der Waals surface area contributed by atoms with Crippen LogP contribution in [0.15, 0.2) is 30.3 Å². The minimum Gasteiger partial charge on any atom is -0.493 e. The van der Waals surface area contributed by atoms with Crippen LogP contribution in [0, 0.1) is 0 Å². The normalized spacial score (nSPS) is 15.3. The summed E-state index contributed by atoms with van der Waals surface area (Å²) in [4.78, 5) is 12.7. The summed E-state index contributed by atoms with van der Waals surface area (Å²) in [5.41, 5.74) is 1.26. The predicted octanol–water partition coefficient (Wildman–Crippen LogP) is 4.63. The molecule has 174 valence electrons. The average Bonchev–Trinajstić information content (AvgIpc) is 3.33. The molecule has 1 saturated heterocycles. The van der Waals surface area contributed by atoms with Gasteiger partial charge >= 0.3 is 0 Å². The maximum Gasteiger partial charge on any atom is 0.251 e. The second-order valence-electron chi connectivity index (χ2n) is 7.45. The van der Waals surface area contributed by atoms with E-state index in [-0.39, 0.29) is 12.0 Å². The van der Waals surface area contributed by atoms with Crippen LogP contribution in [-0.4, -0.2) is 46.1 Å². The maximum atomic E-state index is 12.7. The molecule has 1 N–H and O–H groups in total. The first-order valence-corrected chi connectivity index (χ1v) is 11.1. The summed E-state index contributed by atoms with van der Waals surface area (Å²) < 4.78 is 27.9. The van der Waals surface area contributed by atoms with Gasteiger partial charge in [0.1, 0.15) is 6.61 Å². The van der Waals surface area contributed by atoms with Crippen LogP contribution in [0.3, 0.4) is 0 Å². The summed E-state index contributed by atoms with van der Waals surface area (Å²) in [6.45, 7) is 4.11. The third-order valence-corrected chi connectivity index (χ3v) is 5.35. The van der Waals surface area contributed by atoms with Gasteiger partial charge in [-0.15, -0.1) is 0 Å². The van der Waals surface area contributed by atoms with Crippen molar-refractivity contribution in [2.75, 3.05) is 34.0 Å². The number of amides is 1. The number of nitrogens with one attached hydrogen (secondary N) is 1. The largest absolute Gasteiger partial charge is 0.493 e. The molecule has 3 rings (SSSR count). The first-order chi connectivity index (χ1) is 15.5. The van der Waals surface area contributed by atoms with E-state index in [0.717, 1.165) is 31.4 Å². The van der Waals surface area contributed by atoms with Gasteiger partial charge in [0.25, 0.3) is 5.91 Å². The number of halogens is 1. The Hall–Kier alpha value is -2.64. The highest BCUT2D eigenvalue weighted by atomic mass is 35.5. The lowest BCUT2D eigenvalue weighted by molar-refractivity contribution is 0.0669. The monoisotopic (exact) mass is 463 g/mol. The van der Waals surface area contributed by atoms with Crippen LogP contribution in [-0.2, 0) is 11.3 Å². The zero-order chi connectivity index (χ0) is 22.9. The molecule has 0 saturated carbocycles. The fourth-order valence-corrected chi connectivity index (χ4v) is 3.64. The number of benzene rings is 2. The van der Waals surface area contributed by atoms with Crippen molar-refractivity contribution in [1.29, 1.82) is 0 Å². The Morgan fingerprint density at radius 1 is 1.12 bits per heavy atom. The summed E-state index contributed by atoms with van der Waals surface area (Å²) in [6, 6.07) is 8.78. The van der Waals surface area contributed by atoms with Crippen molar-refractivity contribution in [2.24, 2.45) is 0 Å². The van der Waals surface area contributed by atoms with Gasteiger partial charge < -0.3 is 29.0 Å². The van der Waals surface area contributed by atoms with Crippen molar-refractivity contribution < 1.29 is 28.5 Å². The molecule has 0 aliphatic carbocycles. The van der Waals surface area contributed by atoms with Crippen molar-refractivity contribution in [3.8, 4) is 23.0 Å². The van der Waals surface area contributed by atoms with Gasteiger partial charge in [-0.3, -0.25) is 4.79 Å². The van der Waals surface area contributed by atoms with Gasteiger partial charge in [-0.1, -0.05) is 24.6 Å². The lowest BCUT2D eigenvalue weighted by Crippen LogP contribution is -2.23. The summed E-state index contributed by atoms with van der Waals surface area (Å²) in [6.07, 6.45) is 3.03. The standard InChI is InChI=1S/C24H30ClNO6/c1-4-9-31-23-19(25)12-17(13-22(23)29-3)24(27)26-14-16-7-8-20(21(11-16)28-2)32-15-18-6-5-10-30-18/h7-8,11-13,18H,4-6,9-10,14-15H2,1-3H3,(H,26,27). The Labute approximate surface area is 193 Å². The molecule has 1 heterocycles. The molecule has 8 heteroatoms. The zero-order valence-electron chi connectivity index (χ0n) is 18.7. The SMILES string of the molecule is CCCOc1c(Cl)cc(C(=O)NCc2ccc(OCC3CCCO3)c(OC)c2)cc1OC.